The molecule has 0 saturated carbocycles. The van der Waals surface area contributed by atoms with E-state index >= 15 is 0 Å². The van der Waals surface area contributed by atoms with Crippen molar-refractivity contribution < 1.29 is 22.0 Å². The highest BCUT2D eigenvalue weighted by Crippen LogP contribution is 2.31. The van der Waals surface area contributed by atoms with Crippen molar-refractivity contribution in [1.82, 2.24) is 9.21 Å². The second-order valence-corrected chi connectivity index (χ2v) is 10.0. The van der Waals surface area contributed by atoms with Crippen LogP contribution < -0.4 is 0 Å². The van der Waals surface area contributed by atoms with E-state index in [0.29, 0.717) is 0 Å². The number of carbonyl (C=O) groups excluding carboxylic acids is 1. The Hall–Kier alpha value is -2.71. The van der Waals surface area contributed by atoms with Crippen molar-refractivity contribution in [2.75, 3.05) is 26.2 Å². The molecule has 0 spiro atoms. The zero-order valence-corrected chi connectivity index (χ0v) is 17.8. The summed E-state index contributed by atoms with van der Waals surface area (Å²) in [5.74, 6) is -0.828. The Balaban J connectivity index is 1.27. The van der Waals surface area contributed by atoms with Gasteiger partial charge in [-0.25, -0.2) is 12.8 Å². The number of piperazine rings is 1. The molecule has 2 aliphatic rings. The van der Waals surface area contributed by atoms with Crippen LogP contribution in [-0.4, -0.2) is 49.7 Å². The monoisotopic (exact) mass is 442 g/mol. The van der Waals surface area contributed by atoms with Gasteiger partial charge in [-0.05, 0) is 54.7 Å². The molecule has 0 atom stereocenters. The van der Waals surface area contributed by atoms with Gasteiger partial charge in [-0.2, -0.15) is 4.31 Å². The molecule has 0 N–H and O–H groups in total. The minimum atomic E-state index is -3.92. The number of rotatable bonds is 4. The Labute approximate surface area is 180 Å². The molecule has 6 nitrogen and oxygen atoms in total. The summed E-state index contributed by atoms with van der Waals surface area (Å²) in [4.78, 5) is 14.2. The van der Waals surface area contributed by atoms with Gasteiger partial charge in [0.25, 0.3) is 0 Å². The fraction of sp³-hybridized carbons (Fsp3) is 0.348. The topological polar surface area (TPSA) is 70.8 Å². The SMILES string of the molecule is O=C(Cc1coc2cc3c(cc12)CCC3)N1CCN(S(=O)(=O)c2ccccc2F)CC1. The third kappa shape index (κ3) is 3.64. The number of nitrogens with zero attached hydrogens (tertiary/aromatic N) is 2. The van der Waals surface area contributed by atoms with Crippen LogP contribution in [0.4, 0.5) is 4.39 Å². The minimum absolute atomic E-state index is 0.0638. The Morgan fingerprint density at radius 3 is 2.48 bits per heavy atom. The fourth-order valence-corrected chi connectivity index (χ4v) is 6.02. The van der Waals surface area contributed by atoms with Crippen LogP contribution in [0.1, 0.15) is 23.1 Å². The number of amides is 1. The lowest BCUT2D eigenvalue weighted by atomic mass is 10.0. The number of hydrogen-bond donors (Lipinski definition) is 0. The molecule has 1 aliphatic heterocycles. The van der Waals surface area contributed by atoms with Crippen LogP contribution in [0.3, 0.4) is 0 Å². The van der Waals surface area contributed by atoms with Gasteiger partial charge in [-0.3, -0.25) is 4.79 Å². The van der Waals surface area contributed by atoms with Gasteiger partial charge in [-0.15, -0.1) is 0 Å². The highest BCUT2D eigenvalue weighted by molar-refractivity contribution is 7.89. The van der Waals surface area contributed by atoms with Gasteiger partial charge in [0.1, 0.15) is 16.3 Å². The van der Waals surface area contributed by atoms with Crippen molar-refractivity contribution in [2.45, 2.75) is 30.6 Å². The third-order valence-electron chi connectivity index (χ3n) is 6.26. The number of hydrogen-bond acceptors (Lipinski definition) is 4. The van der Waals surface area contributed by atoms with Crippen molar-refractivity contribution in [3.8, 4) is 0 Å². The average molecular weight is 443 g/mol. The van der Waals surface area contributed by atoms with E-state index in [0.717, 1.165) is 41.9 Å². The highest BCUT2D eigenvalue weighted by atomic mass is 32.2. The number of furan rings is 1. The van der Waals surface area contributed by atoms with Gasteiger partial charge < -0.3 is 9.32 Å². The fourth-order valence-electron chi connectivity index (χ4n) is 4.53. The Kier molecular flexibility index (Phi) is 5.06. The van der Waals surface area contributed by atoms with Gasteiger partial charge in [0, 0.05) is 37.1 Å². The van der Waals surface area contributed by atoms with Crippen molar-refractivity contribution in [3.05, 3.63) is 65.2 Å². The molecule has 1 amide bonds. The van der Waals surface area contributed by atoms with Crippen LogP contribution in [0.2, 0.25) is 0 Å². The molecule has 1 saturated heterocycles. The molecule has 31 heavy (non-hydrogen) atoms. The molecule has 1 aliphatic carbocycles. The van der Waals surface area contributed by atoms with Gasteiger partial charge in [0.15, 0.2) is 0 Å². The summed E-state index contributed by atoms with van der Waals surface area (Å²) in [6, 6.07) is 9.58. The van der Waals surface area contributed by atoms with Crippen LogP contribution in [0.15, 0.2) is 52.0 Å². The predicted octanol–water partition coefficient (Wildman–Crippen LogP) is 3.14. The second kappa shape index (κ2) is 7.76. The molecule has 2 heterocycles. The number of benzene rings is 2. The molecule has 2 aromatic carbocycles. The first-order valence-electron chi connectivity index (χ1n) is 10.5. The molecule has 3 aromatic rings. The summed E-state index contributed by atoms with van der Waals surface area (Å²) in [5, 5.41) is 0.981. The summed E-state index contributed by atoms with van der Waals surface area (Å²) in [6.07, 6.45) is 5.14. The van der Waals surface area contributed by atoms with Gasteiger partial charge >= 0.3 is 0 Å². The quantitative estimate of drug-likeness (QED) is 0.623. The normalized spacial score (nSPS) is 17.3. The first-order valence-corrected chi connectivity index (χ1v) is 11.9. The third-order valence-corrected chi connectivity index (χ3v) is 8.19. The van der Waals surface area contributed by atoms with Crippen LogP contribution in [0, 0.1) is 5.82 Å². The Bertz CT molecular complexity index is 1260. The summed E-state index contributed by atoms with van der Waals surface area (Å²) < 4.78 is 46.4. The van der Waals surface area contributed by atoms with Crippen LogP contribution in [-0.2, 0) is 34.1 Å². The Morgan fingerprint density at radius 1 is 1.03 bits per heavy atom. The lowest BCUT2D eigenvalue weighted by Gasteiger charge is -2.34. The summed E-state index contributed by atoms with van der Waals surface area (Å²) in [7, 11) is -3.92. The minimum Gasteiger partial charge on any atom is -0.464 e. The number of halogens is 1. The zero-order chi connectivity index (χ0) is 21.6. The van der Waals surface area contributed by atoms with Crippen LogP contribution in [0.5, 0.6) is 0 Å². The average Bonchev–Trinajstić information content (AvgIpc) is 3.39. The van der Waals surface area contributed by atoms with E-state index in [1.54, 1.807) is 11.2 Å². The van der Waals surface area contributed by atoms with Gasteiger partial charge in [0.05, 0.1) is 12.7 Å². The van der Waals surface area contributed by atoms with Crippen LogP contribution in [0.25, 0.3) is 11.0 Å². The molecule has 1 fully saturated rings. The second-order valence-electron chi connectivity index (χ2n) is 8.12. The lowest BCUT2D eigenvalue weighted by Crippen LogP contribution is -2.51. The summed E-state index contributed by atoms with van der Waals surface area (Å²) in [5.41, 5.74) is 4.32. The maximum atomic E-state index is 14.0. The maximum absolute atomic E-state index is 14.0. The standard InChI is InChI=1S/C23H23FN2O4S/c24-20-6-1-2-7-22(20)31(28,29)26-10-8-25(9-11-26)23(27)14-18-15-30-21-13-17-5-3-4-16(17)12-19(18)21/h1-2,6-7,12-13,15H,3-5,8-11,14H2. The van der Waals surface area contributed by atoms with E-state index < -0.39 is 15.8 Å². The summed E-state index contributed by atoms with van der Waals surface area (Å²) in [6.45, 7) is 0.833. The number of sulfonamides is 1. The van der Waals surface area contributed by atoms with E-state index in [-0.39, 0.29) is 43.4 Å². The van der Waals surface area contributed by atoms with E-state index in [9.17, 15) is 17.6 Å². The number of aryl methyl sites for hydroxylation is 2. The largest absolute Gasteiger partial charge is 0.464 e. The summed E-state index contributed by atoms with van der Waals surface area (Å²) >= 11 is 0. The first kappa shape index (κ1) is 20.2. The van der Waals surface area contributed by atoms with Crippen molar-refractivity contribution >= 4 is 26.9 Å². The first-order chi connectivity index (χ1) is 14.9. The van der Waals surface area contributed by atoms with E-state index in [1.807, 2.05) is 0 Å². The van der Waals surface area contributed by atoms with E-state index in [1.165, 1.54) is 33.6 Å². The molecule has 5 rings (SSSR count). The predicted molar refractivity (Wildman–Crippen MR) is 114 cm³/mol. The Morgan fingerprint density at radius 2 is 1.74 bits per heavy atom. The smallest absolute Gasteiger partial charge is 0.246 e. The van der Waals surface area contributed by atoms with E-state index in [2.05, 4.69) is 12.1 Å². The molecule has 8 heteroatoms. The molecule has 0 radical (unpaired) electrons. The zero-order valence-electron chi connectivity index (χ0n) is 17.0. The molecule has 0 bridgehead atoms. The lowest BCUT2D eigenvalue weighted by molar-refractivity contribution is -0.131. The van der Waals surface area contributed by atoms with Crippen LogP contribution >= 0.6 is 0 Å². The van der Waals surface area contributed by atoms with E-state index in [4.69, 9.17) is 4.42 Å². The number of carbonyl (C=O) groups is 1. The molecule has 162 valence electrons. The molecular weight excluding hydrogens is 419 g/mol. The van der Waals surface area contributed by atoms with Gasteiger partial charge in [-0.1, -0.05) is 12.1 Å². The van der Waals surface area contributed by atoms with Crippen molar-refractivity contribution in [2.24, 2.45) is 0 Å². The molecule has 0 unspecified atom stereocenters. The number of fused-ring (bicyclic) bond motifs is 2. The molecule has 1 aromatic heterocycles. The maximum Gasteiger partial charge on any atom is 0.246 e. The van der Waals surface area contributed by atoms with Crippen molar-refractivity contribution in [3.63, 3.8) is 0 Å². The highest BCUT2D eigenvalue weighted by Gasteiger charge is 2.32. The van der Waals surface area contributed by atoms with Crippen molar-refractivity contribution in [1.29, 1.82) is 0 Å². The van der Waals surface area contributed by atoms with Gasteiger partial charge in [0.2, 0.25) is 15.9 Å². The molecular formula is C23H23FN2O4S.